The van der Waals surface area contributed by atoms with E-state index in [2.05, 4.69) is 10.3 Å². The van der Waals surface area contributed by atoms with E-state index >= 15 is 0 Å². The molecule has 25 heavy (non-hydrogen) atoms. The first kappa shape index (κ1) is 18.4. The summed E-state index contributed by atoms with van der Waals surface area (Å²) >= 11 is 9.25. The van der Waals surface area contributed by atoms with Crippen molar-refractivity contribution in [2.45, 2.75) is 15.0 Å². The Morgan fingerprint density at radius 2 is 2.00 bits per heavy atom. The van der Waals surface area contributed by atoms with E-state index in [0.29, 0.717) is 27.4 Å². The minimum Gasteiger partial charge on any atom is -0.325 e. The summed E-state index contributed by atoms with van der Waals surface area (Å²) in [4.78, 5) is 16.9. The third-order valence-corrected chi connectivity index (χ3v) is 6.16. The van der Waals surface area contributed by atoms with E-state index in [0.717, 1.165) is 14.6 Å². The van der Waals surface area contributed by atoms with E-state index in [1.807, 2.05) is 6.07 Å². The van der Waals surface area contributed by atoms with E-state index in [1.165, 1.54) is 23.1 Å². The monoisotopic (exact) mass is 416 g/mol. The second-order valence-corrected chi connectivity index (χ2v) is 8.58. The molecule has 9 heteroatoms. The minimum absolute atomic E-state index is 0.184. The van der Waals surface area contributed by atoms with Crippen molar-refractivity contribution in [3.8, 4) is 0 Å². The molecule has 0 saturated carbocycles. The van der Waals surface area contributed by atoms with Gasteiger partial charge in [0.05, 0.1) is 16.0 Å². The molecular weight excluding hydrogens is 406 g/mol. The molecule has 0 saturated heterocycles. The van der Waals surface area contributed by atoms with Crippen LogP contribution >= 0.6 is 46.5 Å². The zero-order chi connectivity index (χ0) is 17.8. The molecule has 1 amide bonds. The summed E-state index contributed by atoms with van der Waals surface area (Å²) < 4.78 is 26.3. The molecular formula is C16H11ClF2N2OS3. The van der Waals surface area contributed by atoms with Gasteiger partial charge in [-0.1, -0.05) is 35.1 Å². The van der Waals surface area contributed by atoms with Crippen molar-refractivity contribution in [3.05, 3.63) is 47.5 Å². The van der Waals surface area contributed by atoms with Gasteiger partial charge in [-0.05, 0) is 42.5 Å². The molecule has 0 aliphatic rings. The van der Waals surface area contributed by atoms with Crippen molar-refractivity contribution in [3.63, 3.8) is 0 Å². The molecule has 0 atom stereocenters. The van der Waals surface area contributed by atoms with Gasteiger partial charge in [-0.25, -0.2) is 4.98 Å². The SMILES string of the molecule is O=C(CSc1nc2cc(Cl)ccc2s1)Nc1ccc(SC(F)F)cc1. The third kappa shape index (κ3) is 5.31. The number of nitrogens with one attached hydrogen (secondary N) is 1. The van der Waals surface area contributed by atoms with Crippen molar-refractivity contribution in [2.24, 2.45) is 0 Å². The molecule has 1 aromatic heterocycles. The molecule has 1 heterocycles. The van der Waals surface area contributed by atoms with Gasteiger partial charge < -0.3 is 5.32 Å². The summed E-state index contributed by atoms with van der Waals surface area (Å²) in [5.74, 6) is -2.43. The van der Waals surface area contributed by atoms with Crippen LogP contribution in [0.2, 0.25) is 5.02 Å². The molecule has 0 unspecified atom stereocenters. The number of carbonyl (C=O) groups excluding carboxylic acids is 1. The van der Waals surface area contributed by atoms with Gasteiger partial charge in [-0.15, -0.1) is 11.3 Å². The van der Waals surface area contributed by atoms with Crippen LogP contribution in [0.4, 0.5) is 14.5 Å². The molecule has 3 nitrogen and oxygen atoms in total. The smallest absolute Gasteiger partial charge is 0.288 e. The first-order valence-corrected chi connectivity index (χ1v) is 10.1. The Morgan fingerprint density at radius 3 is 2.72 bits per heavy atom. The Hall–Kier alpha value is -1.35. The predicted molar refractivity (Wildman–Crippen MR) is 102 cm³/mol. The van der Waals surface area contributed by atoms with E-state index < -0.39 is 5.76 Å². The first-order chi connectivity index (χ1) is 12.0. The molecule has 0 aliphatic carbocycles. The van der Waals surface area contributed by atoms with Crippen LogP contribution in [0.1, 0.15) is 0 Å². The fourth-order valence-corrected chi connectivity index (χ4v) is 4.50. The Labute approximate surface area is 160 Å². The number of thiazole rings is 1. The van der Waals surface area contributed by atoms with Crippen LogP contribution in [0.5, 0.6) is 0 Å². The fourth-order valence-electron chi connectivity index (χ4n) is 1.99. The molecule has 0 aliphatic heterocycles. The predicted octanol–water partition coefficient (Wildman–Crippen LogP) is 6.00. The quantitative estimate of drug-likeness (QED) is 0.501. The average molecular weight is 417 g/mol. The summed E-state index contributed by atoms with van der Waals surface area (Å²) in [5.41, 5.74) is 1.38. The summed E-state index contributed by atoms with van der Waals surface area (Å²) in [5, 5.41) is 3.36. The summed E-state index contributed by atoms with van der Waals surface area (Å²) in [6, 6.07) is 11.8. The van der Waals surface area contributed by atoms with E-state index in [4.69, 9.17) is 11.6 Å². The van der Waals surface area contributed by atoms with Crippen molar-refractivity contribution < 1.29 is 13.6 Å². The van der Waals surface area contributed by atoms with Crippen LogP contribution < -0.4 is 5.32 Å². The Bertz CT molecular complexity index is 887. The Balaban J connectivity index is 1.55. The number of fused-ring (bicyclic) bond motifs is 1. The zero-order valence-corrected chi connectivity index (χ0v) is 15.7. The standard InChI is InChI=1S/C16H11ClF2N2OS3/c17-9-1-6-13-12(7-9)21-16(25-13)23-8-14(22)20-10-2-4-11(5-3-10)24-15(18)19/h1-7,15H,8H2,(H,20,22). The second-order valence-electron chi connectivity index (χ2n) is 4.83. The lowest BCUT2D eigenvalue weighted by molar-refractivity contribution is -0.113. The number of hydrogen-bond donors (Lipinski definition) is 1. The molecule has 0 radical (unpaired) electrons. The number of carbonyl (C=O) groups is 1. The normalized spacial score (nSPS) is 11.2. The Morgan fingerprint density at radius 1 is 1.24 bits per heavy atom. The maximum atomic E-state index is 12.3. The van der Waals surface area contributed by atoms with Crippen LogP contribution in [0.15, 0.2) is 51.7 Å². The highest BCUT2D eigenvalue weighted by Gasteiger charge is 2.09. The number of amides is 1. The highest BCUT2D eigenvalue weighted by atomic mass is 35.5. The number of aromatic nitrogens is 1. The maximum absolute atomic E-state index is 12.3. The van der Waals surface area contributed by atoms with Crippen LogP contribution in [-0.4, -0.2) is 22.4 Å². The van der Waals surface area contributed by atoms with Crippen LogP contribution in [0.25, 0.3) is 10.2 Å². The van der Waals surface area contributed by atoms with Crippen molar-refractivity contribution >= 4 is 68.3 Å². The van der Waals surface area contributed by atoms with Gasteiger partial charge in [0.2, 0.25) is 5.91 Å². The maximum Gasteiger partial charge on any atom is 0.288 e. The molecule has 0 spiro atoms. The first-order valence-electron chi connectivity index (χ1n) is 7.03. The van der Waals surface area contributed by atoms with Crippen LogP contribution in [0, 0.1) is 0 Å². The molecule has 1 N–H and O–H groups in total. The molecule has 130 valence electrons. The Kier molecular flexibility index (Phi) is 6.16. The van der Waals surface area contributed by atoms with Gasteiger partial charge in [0, 0.05) is 15.6 Å². The highest BCUT2D eigenvalue weighted by Crippen LogP contribution is 2.31. The lowest BCUT2D eigenvalue weighted by atomic mass is 10.3. The fraction of sp³-hybridized carbons (Fsp3) is 0.125. The lowest BCUT2D eigenvalue weighted by Crippen LogP contribution is -2.13. The number of benzene rings is 2. The van der Waals surface area contributed by atoms with E-state index in [-0.39, 0.29) is 11.7 Å². The van der Waals surface area contributed by atoms with Gasteiger partial charge in [-0.3, -0.25) is 4.79 Å². The summed E-state index contributed by atoms with van der Waals surface area (Å²) in [7, 11) is 0. The van der Waals surface area contributed by atoms with Gasteiger partial charge in [-0.2, -0.15) is 8.78 Å². The van der Waals surface area contributed by atoms with Crippen molar-refractivity contribution in [2.75, 3.05) is 11.1 Å². The number of halogens is 3. The summed E-state index contributed by atoms with van der Waals surface area (Å²) in [6.45, 7) is 0. The zero-order valence-electron chi connectivity index (χ0n) is 12.5. The van der Waals surface area contributed by atoms with Gasteiger partial charge in [0.25, 0.3) is 5.76 Å². The van der Waals surface area contributed by atoms with E-state index in [9.17, 15) is 13.6 Å². The number of thioether (sulfide) groups is 2. The second kappa shape index (κ2) is 8.35. The number of hydrogen-bond acceptors (Lipinski definition) is 5. The molecule has 0 fully saturated rings. The molecule has 2 aromatic carbocycles. The van der Waals surface area contributed by atoms with Crippen LogP contribution in [0.3, 0.4) is 0 Å². The number of rotatable bonds is 6. The minimum atomic E-state index is -2.46. The average Bonchev–Trinajstić information content (AvgIpc) is 2.96. The lowest BCUT2D eigenvalue weighted by Gasteiger charge is -2.05. The molecule has 0 bridgehead atoms. The topological polar surface area (TPSA) is 42.0 Å². The van der Waals surface area contributed by atoms with Gasteiger partial charge in [0.1, 0.15) is 0 Å². The number of nitrogens with zero attached hydrogens (tertiary/aromatic N) is 1. The van der Waals surface area contributed by atoms with Gasteiger partial charge >= 0.3 is 0 Å². The van der Waals surface area contributed by atoms with Crippen LogP contribution in [-0.2, 0) is 4.79 Å². The largest absolute Gasteiger partial charge is 0.325 e. The van der Waals surface area contributed by atoms with E-state index in [1.54, 1.807) is 36.4 Å². The van der Waals surface area contributed by atoms with Crippen molar-refractivity contribution in [1.29, 1.82) is 0 Å². The molecule has 3 aromatic rings. The summed E-state index contributed by atoms with van der Waals surface area (Å²) in [6.07, 6.45) is 0. The molecule has 3 rings (SSSR count). The van der Waals surface area contributed by atoms with Gasteiger partial charge in [0.15, 0.2) is 4.34 Å². The number of alkyl halides is 2. The highest BCUT2D eigenvalue weighted by molar-refractivity contribution is 8.01. The van der Waals surface area contributed by atoms with Crippen molar-refractivity contribution in [1.82, 2.24) is 4.98 Å². The number of anilines is 1. The third-order valence-electron chi connectivity index (χ3n) is 3.02.